The second-order valence-corrected chi connectivity index (χ2v) is 27.8. The number of pyridine rings is 2. The molecule has 0 saturated heterocycles. The number of rotatable bonds is 7. The molecule has 0 saturated carbocycles. The molecule has 347 valence electrons. The summed E-state index contributed by atoms with van der Waals surface area (Å²) in [5.74, 6) is 1.17. The molecule has 6 aromatic carbocycles. The summed E-state index contributed by atoms with van der Waals surface area (Å²) >= 11 is 1.83. The van der Waals surface area contributed by atoms with Crippen molar-refractivity contribution in [1.29, 1.82) is 0 Å². The predicted octanol–water partition coefficient (Wildman–Crippen LogP) is 16.5. The first-order valence-electron chi connectivity index (χ1n) is 23.7. The Hall–Kier alpha value is -5.56. The summed E-state index contributed by atoms with van der Waals surface area (Å²) < 4.78 is 4.90. The molecule has 0 N–H and O–H groups in total. The molecule has 10 rings (SSSR count). The fourth-order valence-electron chi connectivity index (χ4n) is 9.38. The van der Waals surface area contributed by atoms with Crippen LogP contribution in [0.15, 0.2) is 140 Å². The Labute approximate surface area is 422 Å². The number of fused-ring (bicyclic) bond motifs is 6. The first kappa shape index (κ1) is 48.9. The van der Waals surface area contributed by atoms with E-state index in [1.807, 2.05) is 41.8 Å². The van der Waals surface area contributed by atoms with Gasteiger partial charge in [0.1, 0.15) is 0 Å². The van der Waals surface area contributed by atoms with Crippen LogP contribution in [0.4, 0.5) is 0 Å². The topological polar surface area (TPSA) is 43.6 Å². The third kappa shape index (κ3) is 9.82. The van der Waals surface area contributed by atoms with E-state index in [9.17, 15) is 0 Å². The van der Waals surface area contributed by atoms with Gasteiger partial charge < -0.3 is 9.55 Å². The normalized spacial score (nSPS) is 12.2. The average molecular weight is 1100 g/mol. The summed E-state index contributed by atoms with van der Waals surface area (Å²) in [4.78, 5) is 15.2. The Kier molecular flexibility index (Phi) is 13.7. The standard InChI is InChI=1S/C42H36N3S.C19H26NSi.Ir/c1-25(2)33-22-28(27-13-8-7-9-14-27)23-34(42(4,5)6)39(33)45-36-24-43-35-18-11-10-15-31(35)38(36)44-41(45)32-17-12-16-30-29-20-19-26(3)21-37(29)46-40(30)32;1-19(2,3)13-16-12-17(15-10-8-7-9-11-15)20-14-18(16)21(4,5)6;/h7-16,18-25H,1-6H3;7-10,12,14H,13H2,1-6H3;/q2*-1;. The second kappa shape index (κ2) is 19.1. The minimum atomic E-state index is -1.37. The van der Waals surface area contributed by atoms with E-state index < -0.39 is 8.07 Å². The van der Waals surface area contributed by atoms with Crippen LogP contribution in [0.2, 0.25) is 19.6 Å². The number of nitrogens with zero attached hydrogens (tertiary/aromatic N) is 4. The molecule has 7 heteroatoms. The largest absolute Gasteiger partial charge is 0.331 e. The number of benzene rings is 6. The molecule has 0 amide bonds. The van der Waals surface area contributed by atoms with Gasteiger partial charge in [-0.3, -0.25) is 9.97 Å². The van der Waals surface area contributed by atoms with Crippen molar-refractivity contribution in [2.24, 2.45) is 5.41 Å². The van der Waals surface area contributed by atoms with Gasteiger partial charge in [-0.1, -0.05) is 158 Å². The molecule has 0 spiro atoms. The third-order valence-corrected chi connectivity index (χ3v) is 15.9. The molecule has 0 bridgehead atoms. The number of aryl methyl sites for hydroxylation is 1. The minimum Gasteiger partial charge on any atom is -0.331 e. The molecule has 68 heavy (non-hydrogen) atoms. The van der Waals surface area contributed by atoms with E-state index in [1.165, 1.54) is 64.4 Å². The van der Waals surface area contributed by atoms with E-state index in [2.05, 4.69) is 208 Å². The molecule has 0 fully saturated rings. The van der Waals surface area contributed by atoms with E-state index >= 15 is 0 Å². The second-order valence-electron chi connectivity index (χ2n) is 21.7. The van der Waals surface area contributed by atoms with Gasteiger partial charge >= 0.3 is 0 Å². The monoisotopic (exact) mass is 1100 g/mol. The molecule has 1 radical (unpaired) electrons. The van der Waals surface area contributed by atoms with E-state index in [0.717, 1.165) is 51.0 Å². The van der Waals surface area contributed by atoms with Gasteiger partial charge in [0.2, 0.25) is 0 Å². The summed E-state index contributed by atoms with van der Waals surface area (Å²) in [5.41, 5.74) is 15.2. The van der Waals surface area contributed by atoms with Crippen LogP contribution in [0.1, 0.15) is 83.6 Å². The number of aromatic nitrogens is 4. The Morgan fingerprint density at radius 1 is 0.706 bits per heavy atom. The van der Waals surface area contributed by atoms with Crippen molar-refractivity contribution >= 4 is 66.7 Å². The van der Waals surface area contributed by atoms with E-state index in [-0.39, 0.29) is 36.9 Å². The number of thiophene rings is 1. The van der Waals surface area contributed by atoms with Crippen LogP contribution < -0.4 is 5.19 Å². The zero-order chi connectivity index (χ0) is 47.4. The van der Waals surface area contributed by atoms with Crippen molar-refractivity contribution in [3.63, 3.8) is 0 Å². The molecule has 4 aromatic heterocycles. The van der Waals surface area contributed by atoms with Crippen molar-refractivity contribution in [1.82, 2.24) is 19.5 Å². The van der Waals surface area contributed by atoms with Crippen molar-refractivity contribution < 1.29 is 20.1 Å². The maximum absolute atomic E-state index is 5.53. The van der Waals surface area contributed by atoms with Crippen molar-refractivity contribution in [2.45, 2.75) is 99.7 Å². The van der Waals surface area contributed by atoms with Crippen LogP contribution in [-0.2, 0) is 31.9 Å². The van der Waals surface area contributed by atoms with Gasteiger partial charge in [-0.15, -0.1) is 54.1 Å². The molecular formula is C61H62IrN4SSi-2. The van der Waals surface area contributed by atoms with Gasteiger partial charge in [0.05, 0.1) is 36.6 Å². The molecule has 10 aromatic rings. The molecule has 4 nitrogen and oxygen atoms in total. The molecule has 4 heterocycles. The van der Waals surface area contributed by atoms with Crippen LogP contribution in [-0.4, -0.2) is 27.6 Å². The average Bonchev–Trinajstić information content (AvgIpc) is 3.86. The minimum absolute atomic E-state index is 0. The summed E-state index contributed by atoms with van der Waals surface area (Å²) in [6.45, 7) is 27.8. The van der Waals surface area contributed by atoms with Gasteiger partial charge in [0.15, 0.2) is 0 Å². The quantitative estimate of drug-likeness (QED) is 0.118. The van der Waals surface area contributed by atoms with Crippen LogP contribution in [0, 0.1) is 24.5 Å². The SMILES string of the molecule is CC(C)(C)Cc1cc(-c2[c-]cccc2)ncc1[Si](C)(C)C.Cc1ccc2c(c1)sc1c(-c3nc4c5ccccc5ncc4n3-c3c(C(C)C)cc(-c4ccccc4)cc3C(C)(C)C)[c-]ccc12.[Ir]. The summed E-state index contributed by atoms with van der Waals surface area (Å²) in [7, 11) is -1.37. The van der Waals surface area contributed by atoms with Gasteiger partial charge in [-0.2, -0.15) is 11.3 Å². The van der Waals surface area contributed by atoms with Gasteiger partial charge in [0.25, 0.3) is 0 Å². The van der Waals surface area contributed by atoms with Gasteiger partial charge in [-0.25, -0.2) is 0 Å². The molecule has 0 aliphatic rings. The molecule has 0 aliphatic carbocycles. The van der Waals surface area contributed by atoms with E-state index in [1.54, 1.807) is 0 Å². The fourth-order valence-corrected chi connectivity index (χ4v) is 12.3. The maximum Gasteiger partial charge on any atom is 0.0884 e. The number of imidazole rings is 1. The van der Waals surface area contributed by atoms with Crippen molar-refractivity contribution in [3.05, 3.63) is 174 Å². The Morgan fingerprint density at radius 2 is 1.44 bits per heavy atom. The molecular weight excluding hydrogens is 1040 g/mol. The van der Waals surface area contributed by atoms with Gasteiger partial charge in [0, 0.05) is 42.1 Å². The fraction of sp³-hybridized carbons (Fsp3) is 0.262. The summed E-state index contributed by atoms with van der Waals surface area (Å²) in [5, 5.41) is 5.07. The summed E-state index contributed by atoms with van der Waals surface area (Å²) in [6, 6.07) is 52.2. The Balaban J connectivity index is 0.000000240. The van der Waals surface area contributed by atoms with Gasteiger partial charge in [-0.05, 0) is 103 Å². The zero-order valence-corrected chi connectivity index (χ0v) is 45.8. The van der Waals surface area contributed by atoms with Crippen LogP contribution in [0.3, 0.4) is 0 Å². The molecule has 0 atom stereocenters. The van der Waals surface area contributed by atoms with E-state index in [0.29, 0.717) is 0 Å². The number of hydrogen-bond donors (Lipinski definition) is 0. The van der Waals surface area contributed by atoms with Crippen LogP contribution in [0.25, 0.3) is 81.6 Å². The van der Waals surface area contributed by atoms with Crippen LogP contribution >= 0.6 is 11.3 Å². The first-order valence-corrected chi connectivity index (χ1v) is 28.0. The number of hydrogen-bond acceptors (Lipinski definition) is 4. The first-order chi connectivity index (χ1) is 31.9. The third-order valence-electron chi connectivity index (χ3n) is 12.6. The number of para-hydroxylation sites is 1. The molecule has 0 aliphatic heterocycles. The maximum atomic E-state index is 5.53. The van der Waals surface area contributed by atoms with E-state index in [4.69, 9.17) is 15.0 Å². The zero-order valence-electron chi connectivity index (χ0n) is 41.6. The van der Waals surface area contributed by atoms with Crippen LogP contribution in [0.5, 0.6) is 0 Å². The smallest absolute Gasteiger partial charge is 0.0884 e. The van der Waals surface area contributed by atoms with Crippen molar-refractivity contribution in [2.75, 3.05) is 0 Å². The Bertz CT molecular complexity index is 3420. The summed E-state index contributed by atoms with van der Waals surface area (Å²) in [6.07, 6.45) is 5.22. The molecule has 0 unspecified atom stereocenters. The predicted molar refractivity (Wildman–Crippen MR) is 291 cm³/mol. The Morgan fingerprint density at radius 3 is 2.13 bits per heavy atom. The van der Waals surface area contributed by atoms with Crippen molar-refractivity contribution in [3.8, 4) is 39.5 Å².